The molecule has 0 aliphatic heterocycles. The highest BCUT2D eigenvalue weighted by molar-refractivity contribution is 7.21. The van der Waals surface area contributed by atoms with Crippen molar-refractivity contribution in [3.05, 3.63) is 78.3 Å². The standard InChI is InChI=1S/C21H16N2O2S/c1-14-4-10-18-19(13-14)26-21(23-18)15-5-7-16(8-6-15)22-20(24)11-9-17-3-2-12-25-17/h2-13H,1H3,(H,22,24). The van der Waals surface area contributed by atoms with Gasteiger partial charge < -0.3 is 9.73 Å². The quantitative estimate of drug-likeness (QED) is 0.488. The third-order valence-corrected chi connectivity index (χ3v) is 4.95. The molecule has 4 aromatic rings. The van der Waals surface area contributed by atoms with Crippen molar-refractivity contribution in [2.24, 2.45) is 0 Å². The van der Waals surface area contributed by atoms with Crippen LogP contribution in [0, 0.1) is 6.92 Å². The van der Waals surface area contributed by atoms with Gasteiger partial charge in [0.05, 0.1) is 16.5 Å². The number of nitrogens with one attached hydrogen (secondary N) is 1. The van der Waals surface area contributed by atoms with Crippen LogP contribution in [0.2, 0.25) is 0 Å². The summed E-state index contributed by atoms with van der Waals surface area (Å²) in [7, 11) is 0. The van der Waals surface area contributed by atoms with E-state index in [9.17, 15) is 4.79 Å². The third-order valence-electron chi connectivity index (χ3n) is 3.89. The number of carbonyl (C=O) groups is 1. The first-order valence-electron chi connectivity index (χ1n) is 8.17. The summed E-state index contributed by atoms with van der Waals surface area (Å²) in [6.45, 7) is 2.08. The lowest BCUT2D eigenvalue weighted by molar-refractivity contribution is -0.111. The normalized spacial score (nSPS) is 11.3. The van der Waals surface area contributed by atoms with Gasteiger partial charge in [-0.2, -0.15) is 0 Å². The number of furan rings is 1. The zero-order valence-electron chi connectivity index (χ0n) is 14.1. The molecule has 128 valence electrons. The van der Waals surface area contributed by atoms with Gasteiger partial charge in [0.1, 0.15) is 10.8 Å². The zero-order valence-corrected chi connectivity index (χ0v) is 14.9. The lowest BCUT2D eigenvalue weighted by Gasteiger charge is -2.03. The SMILES string of the molecule is Cc1ccc2nc(-c3ccc(NC(=O)C=Cc4ccco4)cc3)sc2c1. The number of amides is 1. The first kappa shape index (κ1) is 16.3. The highest BCUT2D eigenvalue weighted by Crippen LogP contribution is 2.31. The molecule has 2 aromatic carbocycles. The van der Waals surface area contributed by atoms with Crippen LogP contribution in [0.4, 0.5) is 5.69 Å². The molecule has 2 aromatic heterocycles. The Balaban J connectivity index is 1.48. The van der Waals surface area contributed by atoms with Gasteiger partial charge in [0.15, 0.2) is 0 Å². The van der Waals surface area contributed by atoms with Crippen LogP contribution in [-0.4, -0.2) is 10.9 Å². The Bertz CT molecular complexity index is 1080. The molecule has 0 unspecified atom stereocenters. The van der Waals surface area contributed by atoms with Crippen molar-refractivity contribution in [1.82, 2.24) is 4.98 Å². The predicted molar refractivity (Wildman–Crippen MR) is 106 cm³/mol. The van der Waals surface area contributed by atoms with Crippen LogP contribution in [0.5, 0.6) is 0 Å². The van der Waals surface area contributed by atoms with E-state index in [1.54, 1.807) is 35.8 Å². The van der Waals surface area contributed by atoms with E-state index in [2.05, 4.69) is 29.4 Å². The number of rotatable bonds is 4. The highest BCUT2D eigenvalue weighted by atomic mass is 32.1. The van der Waals surface area contributed by atoms with Crippen molar-refractivity contribution in [3.63, 3.8) is 0 Å². The minimum absolute atomic E-state index is 0.204. The molecule has 0 radical (unpaired) electrons. The second kappa shape index (κ2) is 6.98. The number of benzene rings is 2. The fourth-order valence-corrected chi connectivity index (χ4v) is 3.65. The molecule has 4 rings (SSSR count). The van der Waals surface area contributed by atoms with Gasteiger partial charge in [0.2, 0.25) is 5.91 Å². The smallest absolute Gasteiger partial charge is 0.248 e. The number of aryl methyl sites for hydroxylation is 1. The molecule has 0 atom stereocenters. The van der Waals surface area contributed by atoms with Crippen LogP contribution in [0.25, 0.3) is 26.9 Å². The number of thiazole rings is 1. The van der Waals surface area contributed by atoms with Crippen molar-refractivity contribution >= 4 is 39.2 Å². The summed E-state index contributed by atoms with van der Waals surface area (Å²) in [6, 6.07) is 17.5. The molecule has 0 spiro atoms. The topological polar surface area (TPSA) is 55.1 Å². The maximum atomic E-state index is 12.0. The summed E-state index contributed by atoms with van der Waals surface area (Å²) in [5, 5.41) is 3.81. The Labute approximate surface area is 154 Å². The predicted octanol–water partition coefficient (Wildman–Crippen LogP) is 5.52. The first-order valence-corrected chi connectivity index (χ1v) is 8.99. The average molecular weight is 360 g/mol. The van der Waals surface area contributed by atoms with Gasteiger partial charge in [-0.15, -0.1) is 11.3 Å². The van der Waals surface area contributed by atoms with Crippen LogP contribution in [0.15, 0.2) is 71.4 Å². The minimum Gasteiger partial charge on any atom is -0.465 e. The van der Waals surface area contributed by atoms with Crippen molar-refractivity contribution in [2.75, 3.05) is 5.32 Å². The number of carbonyl (C=O) groups excluding carboxylic acids is 1. The lowest BCUT2D eigenvalue weighted by Crippen LogP contribution is -2.07. The Morgan fingerprint density at radius 2 is 2.00 bits per heavy atom. The molecule has 0 aliphatic carbocycles. The molecule has 26 heavy (non-hydrogen) atoms. The van der Waals surface area contributed by atoms with Crippen LogP contribution < -0.4 is 5.32 Å². The molecular formula is C21H16N2O2S. The Kier molecular flexibility index (Phi) is 4.37. The number of hydrogen-bond acceptors (Lipinski definition) is 4. The Morgan fingerprint density at radius 3 is 2.77 bits per heavy atom. The molecule has 0 saturated carbocycles. The fraction of sp³-hybridized carbons (Fsp3) is 0.0476. The monoisotopic (exact) mass is 360 g/mol. The summed E-state index contributed by atoms with van der Waals surface area (Å²) < 4.78 is 6.34. The van der Waals surface area contributed by atoms with E-state index in [1.165, 1.54) is 16.3 Å². The van der Waals surface area contributed by atoms with E-state index in [0.29, 0.717) is 5.76 Å². The van der Waals surface area contributed by atoms with E-state index in [-0.39, 0.29) is 5.91 Å². The van der Waals surface area contributed by atoms with E-state index >= 15 is 0 Å². The van der Waals surface area contributed by atoms with E-state index in [4.69, 9.17) is 4.42 Å². The summed E-state index contributed by atoms with van der Waals surface area (Å²) >= 11 is 1.67. The van der Waals surface area contributed by atoms with Crippen molar-refractivity contribution in [1.29, 1.82) is 0 Å². The van der Waals surface area contributed by atoms with Crippen LogP contribution >= 0.6 is 11.3 Å². The van der Waals surface area contributed by atoms with Crippen LogP contribution in [-0.2, 0) is 4.79 Å². The molecule has 0 aliphatic rings. The molecule has 0 saturated heterocycles. The number of aromatic nitrogens is 1. The minimum atomic E-state index is -0.204. The van der Waals surface area contributed by atoms with Crippen molar-refractivity contribution < 1.29 is 9.21 Å². The van der Waals surface area contributed by atoms with E-state index < -0.39 is 0 Å². The van der Waals surface area contributed by atoms with Gasteiger partial charge in [-0.05, 0) is 67.1 Å². The zero-order chi connectivity index (χ0) is 17.9. The largest absolute Gasteiger partial charge is 0.465 e. The molecule has 0 fully saturated rings. The van der Waals surface area contributed by atoms with E-state index in [0.717, 1.165) is 21.8 Å². The molecule has 2 heterocycles. The molecule has 1 N–H and O–H groups in total. The molecule has 5 heteroatoms. The maximum Gasteiger partial charge on any atom is 0.248 e. The molecular weight excluding hydrogens is 344 g/mol. The van der Waals surface area contributed by atoms with Gasteiger partial charge in [-0.25, -0.2) is 4.98 Å². The van der Waals surface area contributed by atoms with Crippen LogP contribution in [0.1, 0.15) is 11.3 Å². The maximum absolute atomic E-state index is 12.0. The summed E-state index contributed by atoms with van der Waals surface area (Å²) in [5.74, 6) is 0.436. The van der Waals surface area contributed by atoms with Gasteiger partial charge in [-0.3, -0.25) is 4.79 Å². The molecule has 4 nitrogen and oxygen atoms in total. The summed E-state index contributed by atoms with van der Waals surface area (Å²) in [5.41, 5.74) is 4.01. The van der Waals surface area contributed by atoms with Crippen molar-refractivity contribution in [2.45, 2.75) is 6.92 Å². The van der Waals surface area contributed by atoms with Gasteiger partial charge >= 0.3 is 0 Å². The van der Waals surface area contributed by atoms with Crippen LogP contribution in [0.3, 0.4) is 0 Å². The highest BCUT2D eigenvalue weighted by Gasteiger charge is 2.07. The fourth-order valence-electron chi connectivity index (χ4n) is 2.58. The second-order valence-corrected chi connectivity index (χ2v) is 6.94. The number of anilines is 1. The average Bonchev–Trinajstić information content (AvgIpc) is 3.29. The van der Waals surface area contributed by atoms with Gasteiger partial charge in [0.25, 0.3) is 0 Å². The number of nitrogens with zero attached hydrogens (tertiary/aromatic N) is 1. The van der Waals surface area contributed by atoms with E-state index in [1.807, 2.05) is 30.3 Å². The Morgan fingerprint density at radius 1 is 1.15 bits per heavy atom. The summed E-state index contributed by atoms with van der Waals surface area (Å²) in [6.07, 6.45) is 4.65. The summed E-state index contributed by atoms with van der Waals surface area (Å²) in [4.78, 5) is 16.6. The Hall–Kier alpha value is -3.18. The van der Waals surface area contributed by atoms with Gasteiger partial charge in [0, 0.05) is 17.3 Å². The molecule has 1 amide bonds. The number of fused-ring (bicyclic) bond motifs is 1. The molecule has 0 bridgehead atoms. The third kappa shape index (κ3) is 3.58. The van der Waals surface area contributed by atoms with Crippen molar-refractivity contribution in [3.8, 4) is 10.6 Å². The number of hydrogen-bond donors (Lipinski definition) is 1. The first-order chi connectivity index (χ1) is 12.7. The van der Waals surface area contributed by atoms with Gasteiger partial charge in [-0.1, -0.05) is 6.07 Å². The lowest BCUT2D eigenvalue weighted by atomic mass is 10.2. The second-order valence-electron chi connectivity index (χ2n) is 5.91.